The molecule has 1 saturated heterocycles. The Morgan fingerprint density at radius 1 is 1.06 bits per heavy atom. The average Bonchev–Trinajstić information content (AvgIpc) is 3.10. The second kappa shape index (κ2) is 2.74. The molecule has 4 rings (SSSR count). The van der Waals surface area contributed by atoms with E-state index in [0.29, 0.717) is 18.1 Å². The van der Waals surface area contributed by atoms with Gasteiger partial charge in [0.15, 0.2) is 0 Å². The van der Waals surface area contributed by atoms with E-state index in [1.165, 1.54) is 21.9 Å². The van der Waals surface area contributed by atoms with Gasteiger partial charge in [0, 0.05) is 5.92 Å². The minimum atomic E-state index is 0.307. The molecule has 2 aliphatic rings. The highest BCUT2D eigenvalue weighted by Gasteiger charge is 2.49. The van der Waals surface area contributed by atoms with E-state index in [0.717, 1.165) is 0 Å². The summed E-state index contributed by atoms with van der Waals surface area (Å²) in [5, 5.41) is 2.70. The van der Waals surface area contributed by atoms with E-state index in [9.17, 15) is 0 Å². The van der Waals surface area contributed by atoms with Crippen molar-refractivity contribution in [3.05, 3.63) is 60.2 Å². The van der Waals surface area contributed by atoms with Gasteiger partial charge in [-0.15, -0.1) is 6.58 Å². The topological polar surface area (TPSA) is 12.5 Å². The predicted molar refractivity (Wildman–Crippen MR) is 64.5 cm³/mol. The SMILES string of the molecule is C=CC1c2cccc3cccc(c23)C2OC12. The fourth-order valence-electron chi connectivity index (χ4n) is 3.00. The van der Waals surface area contributed by atoms with Gasteiger partial charge in [0.05, 0.1) is 6.10 Å². The molecule has 0 radical (unpaired) electrons. The van der Waals surface area contributed by atoms with E-state index < -0.39 is 0 Å². The Balaban J connectivity index is 2.16. The molecule has 1 aliphatic heterocycles. The Hall–Kier alpha value is -1.60. The van der Waals surface area contributed by atoms with Crippen molar-refractivity contribution in [2.24, 2.45) is 0 Å². The number of ether oxygens (including phenoxy) is 1. The molecule has 1 nitrogen and oxygen atoms in total. The van der Waals surface area contributed by atoms with Crippen LogP contribution in [-0.4, -0.2) is 6.10 Å². The molecule has 1 fully saturated rings. The van der Waals surface area contributed by atoms with Crippen LogP contribution in [0.1, 0.15) is 23.1 Å². The molecule has 2 aromatic carbocycles. The third-order valence-electron chi connectivity index (χ3n) is 3.77. The summed E-state index contributed by atoms with van der Waals surface area (Å²) in [5.41, 5.74) is 2.73. The molecular weight excluding hydrogens is 196 g/mol. The lowest BCUT2D eigenvalue weighted by molar-refractivity contribution is 0.367. The van der Waals surface area contributed by atoms with Crippen molar-refractivity contribution in [1.29, 1.82) is 0 Å². The summed E-state index contributed by atoms with van der Waals surface area (Å²) in [6, 6.07) is 13.0. The van der Waals surface area contributed by atoms with Gasteiger partial charge in [0.1, 0.15) is 6.10 Å². The lowest BCUT2D eigenvalue weighted by Gasteiger charge is -2.19. The van der Waals surface area contributed by atoms with E-state index in [-0.39, 0.29) is 0 Å². The van der Waals surface area contributed by atoms with Crippen LogP contribution in [0.3, 0.4) is 0 Å². The molecule has 0 spiro atoms. The van der Waals surface area contributed by atoms with Gasteiger partial charge in [-0.05, 0) is 21.9 Å². The maximum absolute atomic E-state index is 5.78. The van der Waals surface area contributed by atoms with Crippen LogP contribution in [0.25, 0.3) is 10.8 Å². The van der Waals surface area contributed by atoms with E-state index in [4.69, 9.17) is 4.74 Å². The number of benzene rings is 2. The summed E-state index contributed by atoms with van der Waals surface area (Å²) in [4.78, 5) is 0. The van der Waals surface area contributed by atoms with Gasteiger partial charge in [0.2, 0.25) is 0 Å². The molecule has 0 aromatic heterocycles. The Morgan fingerprint density at radius 3 is 2.56 bits per heavy atom. The molecule has 2 aromatic rings. The van der Waals surface area contributed by atoms with Crippen molar-refractivity contribution in [2.45, 2.75) is 18.1 Å². The van der Waals surface area contributed by atoms with Gasteiger partial charge in [-0.1, -0.05) is 42.5 Å². The Bertz CT molecular complexity index is 594. The van der Waals surface area contributed by atoms with Gasteiger partial charge >= 0.3 is 0 Å². The molecule has 3 atom stereocenters. The zero-order valence-corrected chi connectivity index (χ0v) is 8.89. The van der Waals surface area contributed by atoms with Crippen LogP contribution in [0.15, 0.2) is 49.1 Å². The molecule has 0 saturated carbocycles. The predicted octanol–water partition coefficient (Wildman–Crippen LogP) is 3.56. The van der Waals surface area contributed by atoms with Crippen LogP contribution in [0.2, 0.25) is 0 Å². The normalized spacial score (nSPS) is 29.9. The quantitative estimate of drug-likeness (QED) is 0.515. The molecule has 0 N–H and O–H groups in total. The van der Waals surface area contributed by atoms with Crippen molar-refractivity contribution in [3.8, 4) is 0 Å². The van der Waals surface area contributed by atoms with Crippen LogP contribution < -0.4 is 0 Å². The third kappa shape index (κ3) is 0.896. The first-order chi connectivity index (χ1) is 7.90. The van der Waals surface area contributed by atoms with Crippen LogP contribution in [0.5, 0.6) is 0 Å². The highest BCUT2D eigenvalue weighted by Crippen LogP contribution is 2.54. The molecular formula is C15H12O. The van der Waals surface area contributed by atoms with E-state index in [2.05, 4.69) is 43.0 Å². The van der Waals surface area contributed by atoms with Gasteiger partial charge in [-0.3, -0.25) is 0 Å². The van der Waals surface area contributed by atoms with E-state index in [1.54, 1.807) is 0 Å². The summed E-state index contributed by atoms with van der Waals surface area (Å²) in [6.45, 7) is 3.94. The largest absolute Gasteiger partial charge is 0.363 e. The van der Waals surface area contributed by atoms with Gasteiger partial charge in [-0.25, -0.2) is 0 Å². The Kier molecular flexibility index (Phi) is 1.46. The van der Waals surface area contributed by atoms with Gasteiger partial charge < -0.3 is 4.74 Å². The second-order valence-corrected chi connectivity index (χ2v) is 4.58. The van der Waals surface area contributed by atoms with Crippen LogP contribution >= 0.6 is 0 Å². The molecule has 1 heteroatoms. The van der Waals surface area contributed by atoms with E-state index in [1.807, 2.05) is 6.08 Å². The summed E-state index contributed by atoms with van der Waals surface area (Å²) in [6.07, 6.45) is 2.66. The lowest BCUT2D eigenvalue weighted by atomic mass is 9.81. The summed E-state index contributed by atoms with van der Waals surface area (Å²) < 4.78 is 5.78. The zero-order valence-electron chi connectivity index (χ0n) is 8.89. The highest BCUT2D eigenvalue weighted by molar-refractivity contribution is 5.91. The Labute approximate surface area is 94.4 Å². The van der Waals surface area contributed by atoms with Crippen LogP contribution in [0.4, 0.5) is 0 Å². The standard InChI is InChI=1S/C15H12O/c1-2-10-11-7-3-5-9-6-4-8-12(13(9)11)15-14(10)16-15/h2-8,10,14-15H,1H2. The molecule has 16 heavy (non-hydrogen) atoms. The average molecular weight is 208 g/mol. The fourth-order valence-corrected chi connectivity index (χ4v) is 3.00. The van der Waals surface area contributed by atoms with Crippen molar-refractivity contribution in [3.63, 3.8) is 0 Å². The smallest absolute Gasteiger partial charge is 0.111 e. The van der Waals surface area contributed by atoms with E-state index >= 15 is 0 Å². The first-order valence-corrected chi connectivity index (χ1v) is 5.70. The number of hydrogen-bond acceptors (Lipinski definition) is 1. The number of fused-ring (bicyclic) bond motifs is 2. The second-order valence-electron chi connectivity index (χ2n) is 4.58. The highest BCUT2D eigenvalue weighted by atomic mass is 16.6. The van der Waals surface area contributed by atoms with Crippen molar-refractivity contribution < 1.29 is 4.74 Å². The van der Waals surface area contributed by atoms with Gasteiger partial charge in [-0.2, -0.15) is 0 Å². The van der Waals surface area contributed by atoms with Crippen LogP contribution in [0, 0.1) is 0 Å². The molecule has 1 heterocycles. The van der Waals surface area contributed by atoms with Gasteiger partial charge in [0.25, 0.3) is 0 Å². The summed E-state index contributed by atoms with van der Waals surface area (Å²) >= 11 is 0. The van der Waals surface area contributed by atoms with Crippen molar-refractivity contribution >= 4 is 10.8 Å². The minimum absolute atomic E-state index is 0.307. The third-order valence-corrected chi connectivity index (χ3v) is 3.77. The molecule has 0 bridgehead atoms. The number of rotatable bonds is 1. The molecule has 78 valence electrons. The lowest BCUT2D eigenvalue weighted by Crippen LogP contribution is -2.10. The Morgan fingerprint density at radius 2 is 1.81 bits per heavy atom. The molecule has 3 unspecified atom stereocenters. The minimum Gasteiger partial charge on any atom is -0.363 e. The molecule has 0 amide bonds. The van der Waals surface area contributed by atoms with Crippen LogP contribution in [-0.2, 0) is 4.74 Å². The number of hydrogen-bond donors (Lipinski definition) is 0. The summed E-state index contributed by atoms with van der Waals surface area (Å²) in [7, 11) is 0. The summed E-state index contributed by atoms with van der Waals surface area (Å²) in [5.74, 6) is 0.364. The van der Waals surface area contributed by atoms with Crippen molar-refractivity contribution in [2.75, 3.05) is 0 Å². The van der Waals surface area contributed by atoms with Crippen molar-refractivity contribution in [1.82, 2.24) is 0 Å². The first kappa shape index (κ1) is 8.54. The monoisotopic (exact) mass is 208 g/mol. The maximum atomic E-state index is 5.78. The number of epoxide rings is 1. The molecule has 1 aliphatic carbocycles. The zero-order chi connectivity index (χ0) is 10.7. The first-order valence-electron chi connectivity index (χ1n) is 5.70. The maximum Gasteiger partial charge on any atom is 0.111 e. The fraction of sp³-hybridized carbons (Fsp3) is 0.200.